The second-order valence-corrected chi connectivity index (χ2v) is 4.56. The largest absolute Gasteiger partial charge is 0.506 e. The molecule has 0 saturated carbocycles. The number of nitrogens with one attached hydrogen (secondary N) is 1. The summed E-state index contributed by atoms with van der Waals surface area (Å²) in [6.45, 7) is 0. The summed E-state index contributed by atoms with van der Waals surface area (Å²) in [6.07, 6.45) is 4.83. The summed E-state index contributed by atoms with van der Waals surface area (Å²) in [5.41, 5.74) is 1.55. The zero-order chi connectivity index (χ0) is 12.0. The number of para-hydroxylation sites is 1. The SMILES string of the molecule is O=C(O)[C@H]1Nc2c(O)cccc2[C@H]2C=CC[C@H]12. The van der Waals surface area contributed by atoms with E-state index in [4.69, 9.17) is 0 Å². The molecule has 0 spiro atoms. The zero-order valence-corrected chi connectivity index (χ0v) is 9.13. The number of allylic oxidation sites excluding steroid dienone is 2. The lowest BCUT2D eigenvalue weighted by Crippen LogP contribution is -2.41. The number of fused-ring (bicyclic) bond motifs is 3. The lowest BCUT2D eigenvalue weighted by molar-refractivity contribution is -0.139. The fraction of sp³-hybridized carbons (Fsp3) is 0.308. The maximum atomic E-state index is 11.2. The summed E-state index contributed by atoms with van der Waals surface area (Å²) in [5.74, 6) is -0.605. The van der Waals surface area contributed by atoms with Crippen LogP contribution in [0.5, 0.6) is 5.75 Å². The van der Waals surface area contributed by atoms with Crippen LogP contribution < -0.4 is 5.32 Å². The minimum absolute atomic E-state index is 0.0433. The van der Waals surface area contributed by atoms with Crippen molar-refractivity contribution in [2.45, 2.75) is 18.4 Å². The third kappa shape index (κ3) is 1.40. The van der Waals surface area contributed by atoms with E-state index in [1.165, 1.54) is 0 Å². The normalized spacial score (nSPS) is 29.3. The highest BCUT2D eigenvalue weighted by Gasteiger charge is 2.41. The first-order valence-corrected chi connectivity index (χ1v) is 5.66. The summed E-state index contributed by atoms with van der Waals surface area (Å²) in [4.78, 5) is 11.2. The molecule has 2 aliphatic rings. The number of benzene rings is 1. The smallest absolute Gasteiger partial charge is 0.326 e. The van der Waals surface area contributed by atoms with Crippen molar-refractivity contribution in [2.24, 2.45) is 5.92 Å². The van der Waals surface area contributed by atoms with Crippen LogP contribution in [0, 0.1) is 5.92 Å². The van der Waals surface area contributed by atoms with E-state index >= 15 is 0 Å². The first kappa shape index (κ1) is 10.2. The molecule has 3 N–H and O–H groups in total. The molecule has 1 aliphatic carbocycles. The Morgan fingerprint density at radius 3 is 3.00 bits per heavy atom. The van der Waals surface area contributed by atoms with E-state index in [0.717, 1.165) is 12.0 Å². The van der Waals surface area contributed by atoms with Gasteiger partial charge in [-0.2, -0.15) is 0 Å². The third-order valence-corrected chi connectivity index (χ3v) is 3.64. The van der Waals surface area contributed by atoms with Crippen LogP contribution in [0.3, 0.4) is 0 Å². The molecule has 0 fully saturated rings. The Kier molecular flexibility index (Phi) is 2.11. The average molecular weight is 231 g/mol. The van der Waals surface area contributed by atoms with Gasteiger partial charge in [0.05, 0.1) is 5.69 Å². The first-order valence-electron chi connectivity index (χ1n) is 5.66. The Morgan fingerprint density at radius 1 is 1.41 bits per heavy atom. The molecule has 3 atom stereocenters. The number of aliphatic carboxylic acids is 1. The number of carboxylic acids is 1. The van der Waals surface area contributed by atoms with E-state index in [1.54, 1.807) is 12.1 Å². The monoisotopic (exact) mass is 231 g/mol. The molecule has 0 saturated heterocycles. The van der Waals surface area contributed by atoms with E-state index in [2.05, 4.69) is 5.32 Å². The third-order valence-electron chi connectivity index (χ3n) is 3.64. The van der Waals surface area contributed by atoms with Gasteiger partial charge in [0.1, 0.15) is 11.8 Å². The van der Waals surface area contributed by atoms with Gasteiger partial charge in [0.25, 0.3) is 0 Å². The Labute approximate surface area is 98.6 Å². The van der Waals surface area contributed by atoms with Crippen molar-refractivity contribution < 1.29 is 15.0 Å². The fourth-order valence-corrected chi connectivity index (χ4v) is 2.85. The standard InChI is InChI=1S/C13H13NO3/c15-10-6-2-5-8-7-3-1-4-9(7)12(13(16)17)14-11(8)10/h1-3,5-7,9,12,14-15H,4H2,(H,16,17)/t7-,9+,12+/m1/s1. The van der Waals surface area contributed by atoms with Gasteiger partial charge in [-0.3, -0.25) is 0 Å². The van der Waals surface area contributed by atoms with E-state index in [0.29, 0.717) is 5.69 Å². The van der Waals surface area contributed by atoms with Gasteiger partial charge in [0.15, 0.2) is 0 Å². The minimum Gasteiger partial charge on any atom is -0.506 e. The number of phenolic OH excluding ortho intramolecular Hbond substituents is 1. The van der Waals surface area contributed by atoms with Gasteiger partial charge in [0.2, 0.25) is 0 Å². The number of hydrogen-bond acceptors (Lipinski definition) is 3. The van der Waals surface area contributed by atoms with Crippen molar-refractivity contribution in [2.75, 3.05) is 5.32 Å². The molecule has 1 aliphatic heterocycles. The molecule has 0 unspecified atom stereocenters. The second kappa shape index (κ2) is 3.52. The van der Waals surface area contributed by atoms with Crippen LogP contribution in [0.15, 0.2) is 30.4 Å². The minimum atomic E-state index is -0.863. The molecular weight excluding hydrogens is 218 g/mol. The van der Waals surface area contributed by atoms with E-state index in [9.17, 15) is 15.0 Å². The van der Waals surface area contributed by atoms with Gasteiger partial charge < -0.3 is 15.5 Å². The van der Waals surface area contributed by atoms with Gasteiger partial charge in [-0.25, -0.2) is 4.79 Å². The number of hydrogen-bond donors (Lipinski definition) is 3. The van der Waals surface area contributed by atoms with Gasteiger partial charge in [-0.15, -0.1) is 0 Å². The number of phenols is 1. The van der Waals surface area contributed by atoms with E-state index in [1.807, 2.05) is 18.2 Å². The highest BCUT2D eigenvalue weighted by atomic mass is 16.4. The summed E-state index contributed by atoms with van der Waals surface area (Å²) < 4.78 is 0. The van der Waals surface area contributed by atoms with Gasteiger partial charge in [-0.05, 0) is 18.1 Å². The molecule has 3 rings (SSSR count). The quantitative estimate of drug-likeness (QED) is 0.510. The maximum Gasteiger partial charge on any atom is 0.326 e. The molecule has 1 aromatic carbocycles. The Hall–Kier alpha value is -1.97. The van der Waals surface area contributed by atoms with Crippen molar-refractivity contribution in [1.29, 1.82) is 0 Å². The lowest BCUT2D eigenvalue weighted by atomic mass is 9.79. The Bertz CT molecular complexity index is 509. The van der Waals surface area contributed by atoms with E-state index < -0.39 is 12.0 Å². The highest BCUT2D eigenvalue weighted by molar-refractivity contribution is 5.82. The van der Waals surface area contributed by atoms with Gasteiger partial charge >= 0.3 is 5.97 Å². The number of carbonyl (C=O) groups is 1. The van der Waals surface area contributed by atoms with Crippen molar-refractivity contribution in [3.8, 4) is 5.75 Å². The van der Waals surface area contributed by atoms with Gasteiger partial charge in [0, 0.05) is 11.8 Å². The van der Waals surface area contributed by atoms with Crippen LogP contribution in [-0.4, -0.2) is 22.2 Å². The number of anilines is 1. The van der Waals surface area contributed by atoms with Crippen molar-refractivity contribution in [3.63, 3.8) is 0 Å². The average Bonchev–Trinajstić information content (AvgIpc) is 2.77. The molecule has 17 heavy (non-hydrogen) atoms. The van der Waals surface area contributed by atoms with Crippen LogP contribution in [0.25, 0.3) is 0 Å². The molecule has 1 heterocycles. The summed E-state index contributed by atoms with van der Waals surface area (Å²) in [6, 6.07) is 4.67. The van der Waals surface area contributed by atoms with Crippen LogP contribution in [-0.2, 0) is 4.79 Å². The molecule has 88 valence electrons. The Morgan fingerprint density at radius 2 is 2.24 bits per heavy atom. The lowest BCUT2D eigenvalue weighted by Gasteiger charge is -2.34. The molecule has 0 amide bonds. The topological polar surface area (TPSA) is 69.6 Å². The van der Waals surface area contributed by atoms with Crippen molar-refractivity contribution in [1.82, 2.24) is 0 Å². The highest BCUT2D eigenvalue weighted by Crippen LogP contribution is 2.47. The predicted molar refractivity (Wildman–Crippen MR) is 63.1 cm³/mol. The summed E-state index contributed by atoms with van der Waals surface area (Å²) >= 11 is 0. The molecule has 0 aromatic heterocycles. The zero-order valence-electron chi connectivity index (χ0n) is 9.13. The van der Waals surface area contributed by atoms with Crippen LogP contribution in [0.4, 0.5) is 5.69 Å². The van der Waals surface area contributed by atoms with Crippen molar-refractivity contribution >= 4 is 11.7 Å². The second-order valence-electron chi connectivity index (χ2n) is 4.56. The molecular formula is C13H13NO3. The van der Waals surface area contributed by atoms with E-state index in [-0.39, 0.29) is 17.6 Å². The van der Waals surface area contributed by atoms with Gasteiger partial charge in [-0.1, -0.05) is 24.3 Å². The summed E-state index contributed by atoms with van der Waals surface area (Å²) in [5, 5.41) is 22.0. The molecule has 4 heteroatoms. The number of aromatic hydroxyl groups is 1. The predicted octanol–water partition coefficient (Wildman–Crippen LogP) is 1.93. The summed E-state index contributed by atoms with van der Waals surface area (Å²) in [7, 11) is 0. The maximum absolute atomic E-state index is 11.2. The fourth-order valence-electron chi connectivity index (χ4n) is 2.85. The van der Waals surface area contributed by atoms with Crippen LogP contribution >= 0.6 is 0 Å². The molecule has 1 aromatic rings. The van der Waals surface area contributed by atoms with Crippen LogP contribution in [0.2, 0.25) is 0 Å². The number of rotatable bonds is 1. The van der Waals surface area contributed by atoms with Crippen molar-refractivity contribution in [3.05, 3.63) is 35.9 Å². The Balaban J connectivity index is 2.12. The number of carboxylic acid groups (broad SMARTS) is 1. The first-order chi connectivity index (χ1) is 8.18. The molecule has 0 bridgehead atoms. The molecule has 0 radical (unpaired) electrons. The molecule has 4 nitrogen and oxygen atoms in total. The van der Waals surface area contributed by atoms with Crippen LogP contribution in [0.1, 0.15) is 17.9 Å².